The number of carbonyl (C=O) groups excluding carboxylic acids is 2. The average molecular weight is 407 g/mol. The van der Waals surface area contributed by atoms with E-state index in [1.807, 2.05) is 30.3 Å². The van der Waals surface area contributed by atoms with Gasteiger partial charge < -0.3 is 9.26 Å². The van der Waals surface area contributed by atoms with Gasteiger partial charge in [0.2, 0.25) is 5.69 Å². The Balaban J connectivity index is 1.70. The summed E-state index contributed by atoms with van der Waals surface area (Å²) in [5.41, 5.74) is 2.06. The second kappa shape index (κ2) is 8.61. The first-order valence-electron chi connectivity index (χ1n) is 10.1. The Bertz CT molecular complexity index is 1070. The van der Waals surface area contributed by atoms with Gasteiger partial charge in [-0.2, -0.15) is 0 Å². The zero-order chi connectivity index (χ0) is 21.1. The minimum Gasteiger partial charge on any atom is -0.461 e. The monoisotopic (exact) mass is 407 g/mol. The van der Waals surface area contributed by atoms with Gasteiger partial charge in [-0.1, -0.05) is 35.5 Å². The number of rotatable bonds is 8. The van der Waals surface area contributed by atoms with Crippen molar-refractivity contribution in [2.75, 3.05) is 6.61 Å². The van der Waals surface area contributed by atoms with Gasteiger partial charge in [0.15, 0.2) is 11.5 Å². The fourth-order valence-corrected chi connectivity index (χ4v) is 3.53. The molecular weight excluding hydrogens is 385 g/mol. The van der Waals surface area contributed by atoms with Crippen LogP contribution in [0, 0.1) is 5.82 Å². The quantitative estimate of drug-likeness (QED) is 0.393. The molecule has 0 amide bonds. The minimum absolute atomic E-state index is 0.0767. The van der Waals surface area contributed by atoms with Crippen LogP contribution < -0.4 is 0 Å². The maximum Gasteiger partial charge on any atom is 0.361 e. The molecule has 0 saturated heterocycles. The summed E-state index contributed by atoms with van der Waals surface area (Å²) in [4.78, 5) is 25.9. The van der Waals surface area contributed by atoms with Crippen LogP contribution in [0.1, 0.15) is 69.0 Å². The van der Waals surface area contributed by atoms with E-state index in [1.165, 1.54) is 18.2 Å². The Hall–Kier alpha value is -3.28. The number of aromatic nitrogens is 1. The highest BCUT2D eigenvalue weighted by molar-refractivity contribution is 6.15. The zero-order valence-electron chi connectivity index (χ0n) is 16.7. The van der Waals surface area contributed by atoms with Gasteiger partial charge in [-0.15, -0.1) is 0 Å². The summed E-state index contributed by atoms with van der Waals surface area (Å²) in [6, 6.07) is 13.9. The van der Waals surface area contributed by atoms with Crippen molar-refractivity contribution in [3.63, 3.8) is 0 Å². The van der Waals surface area contributed by atoms with Gasteiger partial charge in [-0.3, -0.25) is 4.79 Å². The van der Waals surface area contributed by atoms with Crippen molar-refractivity contribution in [2.24, 2.45) is 0 Å². The van der Waals surface area contributed by atoms with E-state index in [2.05, 4.69) is 5.16 Å². The summed E-state index contributed by atoms with van der Waals surface area (Å²) < 4.78 is 24.4. The normalized spacial score (nSPS) is 13.3. The van der Waals surface area contributed by atoms with E-state index in [0.717, 1.165) is 18.4 Å². The molecule has 1 saturated carbocycles. The maximum absolute atomic E-state index is 14.0. The van der Waals surface area contributed by atoms with E-state index < -0.39 is 11.8 Å². The molecule has 1 aliphatic rings. The first-order valence-corrected chi connectivity index (χ1v) is 10.1. The summed E-state index contributed by atoms with van der Waals surface area (Å²) in [6.45, 7) is 1.85. The molecule has 6 heteroatoms. The molecule has 1 heterocycles. The van der Waals surface area contributed by atoms with Gasteiger partial charge in [0.1, 0.15) is 11.4 Å². The number of carbonyl (C=O) groups is 2. The maximum atomic E-state index is 14.0. The topological polar surface area (TPSA) is 69.4 Å². The fourth-order valence-electron chi connectivity index (χ4n) is 3.53. The van der Waals surface area contributed by atoms with Crippen LogP contribution in [-0.2, 0) is 17.6 Å². The van der Waals surface area contributed by atoms with Gasteiger partial charge in [-0.25, -0.2) is 9.18 Å². The third-order valence-electron chi connectivity index (χ3n) is 5.20. The lowest BCUT2D eigenvalue weighted by molar-refractivity contribution is 0.0512. The van der Waals surface area contributed by atoms with E-state index in [-0.39, 0.29) is 29.6 Å². The number of esters is 1. The van der Waals surface area contributed by atoms with Gasteiger partial charge in [0, 0.05) is 11.5 Å². The lowest BCUT2D eigenvalue weighted by atomic mass is 9.92. The number of nitrogens with zero attached hydrogens (tertiary/aromatic N) is 1. The van der Waals surface area contributed by atoms with Crippen LogP contribution in [0.4, 0.5) is 4.39 Å². The van der Waals surface area contributed by atoms with E-state index in [9.17, 15) is 14.0 Å². The largest absolute Gasteiger partial charge is 0.461 e. The zero-order valence-corrected chi connectivity index (χ0v) is 16.7. The second-order valence-corrected chi connectivity index (χ2v) is 7.38. The van der Waals surface area contributed by atoms with Crippen molar-refractivity contribution in [1.82, 2.24) is 5.16 Å². The van der Waals surface area contributed by atoms with Crippen LogP contribution in [0.2, 0.25) is 0 Å². The molecule has 0 radical (unpaired) electrons. The summed E-state index contributed by atoms with van der Waals surface area (Å²) in [5, 5.41) is 3.84. The van der Waals surface area contributed by atoms with E-state index in [0.29, 0.717) is 29.7 Å². The number of ketones is 1. The van der Waals surface area contributed by atoms with Crippen molar-refractivity contribution in [1.29, 1.82) is 0 Å². The fraction of sp³-hybridized carbons (Fsp3) is 0.292. The predicted octanol–water partition coefficient (Wildman–Crippen LogP) is 4.88. The molecule has 0 N–H and O–H groups in total. The highest BCUT2D eigenvalue weighted by Gasteiger charge is 2.38. The van der Waals surface area contributed by atoms with Crippen molar-refractivity contribution in [2.45, 2.75) is 38.5 Å². The third-order valence-corrected chi connectivity index (χ3v) is 5.20. The van der Waals surface area contributed by atoms with Gasteiger partial charge in [0.25, 0.3) is 0 Å². The molecule has 1 fully saturated rings. The lowest BCUT2D eigenvalue weighted by Crippen LogP contribution is -2.15. The van der Waals surface area contributed by atoms with Crippen LogP contribution in [0.15, 0.2) is 53.1 Å². The van der Waals surface area contributed by atoms with Crippen molar-refractivity contribution >= 4 is 11.8 Å². The molecule has 3 aromatic rings. The molecule has 0 aliphatic heterocycles. The summed E-state index contributed by atoms with van der Waals surface area (Å²) in [5.74, 6) is -0.990. The van der Waals surface area contributed by atoms with Crippen LogP contribution in [0.25, 0.3) is 0 Å². The first kappa shape index (κ1) is 20.0. The van der Waals surface area contributed by atoms with Crippen LogP contribution >= 0.6 is 0 Å². The molecule has 4 rings (SSSR count). The standard InChI is InChI=1S/C24H22FNO4/c1-2-29-24(28)21-20(23(30-26-21)16-10-11-16)22(27)19-13-12-18(25)14-17(19)9-8-15-6-4-3-5-7-15/h3-7,12-14,16H,2,8-11H2,1H3. The molecule has 1 aromatic heterocycles. The van der Waals surface area contributed by atoms with E-state index >= 15 is 0 Å². The Morgan fingerprint density at radius 2 is 1.90 bits per heavy atom. The number of aryl methyl sites for hydroxylation is 2. The van der Waals surface area contributed by atoms with Crippen molar-refractivity contribution in [3.8, 4) is 0 Å². The smallest absolute Gasteiger partial charge is 0.361 e. The highest BCUT2D eigenvalue weighted by atomic mass is 19.1. The Morgan fingerprint density at radius 3 is 2.60 bits per heavy atom. The van der Waals surface area contributed by atoms with E-state index in [4.69, 9.17) is 9.26 Å². The molecule has 1 aliphatic carbocycles. The lowest BCUT2D eigenvalue weighted by Gasteiger charge is -2.10. The first-order chi connectivity index (χ1) is 14.6. The molecule has 2 aromatic carbocycles. The Labute approximate surface area is 173 Å². The number of ether oxygens (including phenoxy) is 1. The molecule has 0 bridgehead atoms. The second-order valence-electron chi connectivity index (χ2n) is 7.38. The highest BCUT2D eigenvalue weighted by Crippen LogP contribution is 2.43. The Morgan fingerprint density at radius 1 is 1.13 bits per heavy atom. The van der Waals surface area contributed by atoms with Crippen LogP contribution in [-0.4, -0.2) is 23.5 Å². The van der Waals surface area contributed by atoms with Crippen molar-refractivity contribution < 1.29 is 23.2 Å². The third kappa shape index (κ3) is 4.17. The molecular formula is C24H22FNO4. The number of hydrogen-bond acceptors (Lipinski definition) is 5. The minimum atomic E-state index is -0.690. The number of hydrogen-bond donors (Lipinski definition) is 0. The summed E-state index contributed by atoms with van der Waals surface area (Å²) in [6.07, 6.45) is 2.90. The molecule has 0 spiro atoms. The Kier molecular flexibility index (Phi) is 5.74. The molecule has 0 atom stereocenters. The van der Waals surface area contributed by atoms with Gasteiger partial charge in [-0.05, 0) is 61.9 Å². The molecule has 30 heavy (non-hydrogen) atoms. The SMILES string of the molecule is CCOC(=O)c1noc(C2CC2)c1C(=O)c1ccc(F)cc1CCc1ccccc1. The number of halogens is 1. The van der Waals surface area contributed by atoms with Crippen molar-refractivity contribution in [3.05, 3.63) is 88.1 Å². The number of benzene rings is 2. The molecule has 154 valence electrons. The average Bonchev–Trinajstić information content (AvgIpc) is 3.50. The van der Waals surface area contributed by atoms with Gasteiger partial charge in [0.05, 0.1) is 6.61 Å². The molecule has 0 unspecified atom stereocenters. The van der Waals surface area contributed by atoms with Gasteiger partial charge >= 0.3 is 5.97 Å². The molecule has 5 nitrogen and oxygen atoms in total. The van der Waals surface area contributed by atoms with E-state index in [1.54, 1.807) is 6.92 Å². The summed E-state index contributed by atoms with van der Waals surface area (Å²) >= 11 is 0. The van der Waals surface area contributed by atoms with Crippen LogP contribution in [0.5, 0.6) is 0 Å². The predicted molar refractivity (Wildman–Crippen MR) is 108 cm³/mol. The summed E-state index contributed by atoms with van der Waals surface area (Å²) in [7, 11) is 0. The van der Waals surface area contributed by atoms with Crippen LogP contribution in [0.3, 0.4) is 0 Å².